The summed E-state index contributed by atoms with van der Waals surface area (Å²) in [6.07, 6.45) is 1.61. The van der Waals surface area contributed by atoms with Crippen LogP contribution in [0.15, 0.2) is 18.2 Å². The fraction of sp³-hybridized carbons (Fsp3) is 0.500. The summed E-state index contributed by atoms with van der Waals surface area (Å²) < 4.78 is 5.02. The van der Waals surface area contributed by atoms with Crippen LogP contribution in [0.2, 0.25) is 0 Å². The first kappa shape index (κ1) is 15.1. The molecule has 21 heavy (non-hydrogen) atoms. The van der Waals surface area contributed by atoms with E-state index in [1.54, 1.807) is 12.1 Å². The summed E-state index contributed by atoms with van der Waals surface area (Å²) in [6.45, 7) is 1.36. The third-order valence-corrected chi connectivity index (χ3v) is 3.77. The highest BCUT2D eigenvalue weighted by Gasteiger charge is 2.28. The Kier molecular flexibility index (Phi) is 4.62. The molecule has 1 aromatic rings. The fourth-order valence-electron chi connectivity index (χ4n) is 2.66. The second-order valence-electron chi connectivity index (χ2n) is 5.14. The van der Waals surface area contributed by atoms with Crippen molar-refractivity contribution in [1.29, 1.82) is 0 Å². The van der Waals surface area contributed by atoms with Crippen LogP contribution in [-0.2, 0) is 4.79 Å². The number of nitrogens with zero attached hydrogens (tertiary/aromatic N) is 2. The highest BCUT2D eigenvalue weighted by atomic mass is 16.6. The monoisotopic (exact) mass is 294 g/mol. The first-order valence-corrected chi connectivity index (χ1v) is 6.80. The Morgan fingerprint density at radius 2 is 2.33 bits per heavy atom. The molecule has 0 aliphatic carbocycles. The van der Waals surface area contributed by atoms with E-state index in [0.29, 0.717) is 30.9 Å². The van der Waals surface area contributed by atoms with E-state index in [-0.39, 0.29) is 18.0 Å². The number of anilines is 1. The lowest BCUT2D eigenvalue weighted by atomic mass is 10.0. The third-order valence-electron chi connectivity index (χ3n) is 3.77. The fourth-order valence-corrected chi connectivity index (χ4v) is 2.66. The molecule has 0 amide bonds. The third kappa shape index (κ3) is 3.62. The summed E-state index contributed by atoms with van der Waals surface area (Å²) in [6, 6.07) is 4.81. The molecule has 1 saturated heterocycles. The van der Waals surface area contributed by atoms with Crippen molar-refractivity contribution in [3.8, 4) is 5.75 Å². The minimum Gasteiger partial charge on any atom is -0.496 e. The Labute approximate surface area is 122 Å². The van der Waals surface area contributed by atoms with Crippen LogP contribution < -0.4 is 9.64 Å². The summed E-state index contributed by atoms with van der Waals surface area (Å²) in [4.78, 5) is 23.3. The SMILES string of the molecule is COc1ccc(N2CCC(CCC(=O)O)C2)c([N+](=O)[O-])c1. The molecule has 7 nitrogen and oxygen atoms in total. The molecule has 1 heterocycles. The minimum atomic E-state index is -0.802. The Balaban J connectivity index is 2.12. The normalized spacial score (nSPS) is 17.8. The average molecular weight is 294 g/mol. The van der Waals surface area contributed by atoms with Gasteiger partial charge in [-0.3, -0.25) is 14.9 Å². The zero-order valence-corrected chi connectivity index (χ0v) is 11.8. The van der Waals surface area contributed by atoms with Crippen LogP contribution in [0, 0.1) is 16.0 Å². The van der Waals surface area contributed by atoms with Crippen molar-refractivity contribution in [2.75, 3.05) is 25.1 Å². The Morgan fingerprint density at radius 1 is 1.57 bits per heavy atom. The molecule has 1 aromatic carbocycles. The molecule has 0 spiro atoms. The zero-order chi connectivity index (χ0) is 15.4. The van der Waals surface area contributed by atoms with Gasteiger partial charge in [0, 0.05) is 19.5 Å². The zero-order valence-electron chi connectivity index (χ0n) is 11.8. The van der Waals surface area contributed by atoms with Crippen molar-refractivity contribution < 1.29 is 19.6 Å². The van der Waals surface area contributed by atoms with E-state index in [4.69, 9.17) is 9.84 Å². The van der Waals surface area contributed by atoms with Gasteiger partial charge < -0.3 is 14.7 Å². The van der Waals surface area contributed by atoms with Gasteiger partial charge in [0.1, 0.15) is 11.4 Å². The Hall–Kier alpha value is -2.31. The molecule has 0 aromatic heterocycles. The highest BCUT2D eigenvalue weighted by Crippen LogP contribution is 2.35. The van der Waals surface area contributed by atoms with Gasteiger partial charge >= 0.3 is 5.97 Å². The summed E-state index contributed by atoms with van der Waals surface area (Å²) in [5.74, 6) is -0.0845. The van der Waals surface area contributed by atoms with Crippen LogP contribution in [-0.4, -0.2) is 36.2 Å². The quantitative estimate of drug-likeness (QED) is 0.639. The van der Waals surface area contributed by atoms with Gasteiger partial charge in [0.05, 0.1) is 18.1 Å². The van der Waals surface area contributed by atoms with Gasteiger partial charge in [-0.2, -0.15) is 0 Å². The predicted octanol–water partition coefficient (Wildman–Crippen LogP) is 2.29. The number of benzene rings is 1. The van der Waals surface area contributed by atoms with Crippen molar-refractivity contribution in [2.24, 2.45) is 5.92 Å². The van der Waals surface area contributed by atoms with E-state index < -0.39 is 10.9 Å². The largest absolute Gasteiger partial charge is 0.496 e. The predicted molar refractivity (Wildman–Crippen MR) is 76.8 cm³/mol. The maximum atomic E-state index is 11.2. The van der Waals surface area contributed by atoms with Gasteiger partial charge in [0.25, 0.3) is 5.69 Å². The van der Waals surface area contributed by atoms with Crippen molar-refractivity contribution >= 4 is 17.3 Å². The maximum Gasteiger partial charge on any atom is 0.303 e. The molecule has 1 fully saturated rings. The maximum absolute atomic E-state index is 11.2. The first-order valence-electron chi connectivity index (χ1n) is 6.80. The van der Waals surface area contributed by atoms with Crippen molar-refractivity contribution in [2.45, 2.75) is 19.3 Å². The summed E-state index contributed by atoms with van der Waals surface area (Å²) >= 11 is 0. The molecule has 1 unspecified atom stereocenters. The van der Waals surface area contributed by atoms with E-state index >= 15 is 0 Å². The summed E-state index contributed by atoms with van der Waals surface area (Å²) in [5.41, 5.74) is 0.590. The molecule has 1 atom stereocenters. The number of hydrogen-bond acceptors (Lipinski definition) is 5. The van der Waals surface area contributed by atoms with Crippen LogP contribution in [0.3, 0.4) is 0 Å². The van der Waals surface area contributed by atoms with Crippen LogP contribution in [0.1, 0.15) is 19.3 Å². The number of methoxy groups -OCH3 is 1. The molecule has 114 valence electrons. The Morgan fingerprint density at radius 3 is 2.95 bits per heavy atom. The molecule has 0 radical (unpaired) electrons. The summed E-state index contributed by atoms with van der Waals surface area (Å²) in [5, 5.41) is 19.9. The van der Waals surface area contributed by atoms with E-state index in [9.17, 15) is 14.9 Å². The number of carbonyl (C=O) groups is 1. The van der Waals surface area contributed by atoms with Crippen molar-refractivity contribution in [1.82, 2.24) is 0 Å². The molecule has 1 N–H and O–H groups in total. The number of rotatable bonds is 6. The van der Waals surface area contributed by atoms with Gasteiger partial charge in [-0.1, -0.05) is 0 Å². The van der Waals surface area contributed by atoms with Gasteiger partial charge in [0.15, 0.2) is 0 Å². The molecule has 0 bridgehead atoms. The molecule has 7 heteroatoms. The second kappa shape index (κ2) is 6.43. The Bertz CT molecular complexity index is 546. The van der Waals surface area contributed by atoms with Crippen LogP contribution in [0.4, 0.5) is 11.4 Å². The van der Waals surface area contributed by atoms with Crippen molar-refractivity contribution in [3.05, 3.63) is 28.3 Å². The van der Waals surface area contributed by atoms with Crippen LogP contribution in [0.25, 0.3) is 0 Å². The molecule has 1 aliphatic heterocycles. The van der Waals surface area contributed by atoms with Crippen LogP contribution >= 0.6 is 0 Å². The van der Waals surface area contributed by atoms with E-state index in [0.717, 1.165) is 6.42 Å². The van der Waals surface area contributed by atoms with Crippen molar-refractivity contribution in [3.63, 3.8) is 0 Å². The number of hydrogen-bond donors (Lipinski definition) is 1. The van der Waals surface area contributed by atoms with Gasteiger partial charge in [-0.25, -0.2) is 0 Å². The van der Waals surface area contributed by atoms with E-state index in [1.807, 2.05) is 4.90 Å². The topological polar surface area (TPSA) is 92.9 Å². The van der Waals surface area contributed by atoms with E-state index in [2.05, 4.69) is 0 Å². The van der Waals surface area contributed by atoms with Gasteiger partial charge in [-0.05, 0) is 30.9 Å². The molecular weight excluding hydrogens is 276 g/mol. The minimum absolute atomic E-state index is 0.0215. The van der Waals surface area contributed by atoms with E-state index in [1.165, 1.54) is 13.2 Å². The summed E-state index contributed by atoms with van der Waals surface area (Å²) in [7, 11) is 1.47. The first-order chi connectivity index (χ1) is 10.0. The number of aliphatic carboxylic acids is 1. The smallest absolute Gasteiger partial charge is 0.303 e. The van der Waals surface area contributed by atoms with Gasteiger partial charge in [-0.15, -0.1) is 0 Å². The molecule has 0 saturated carbocycles. The lowest BCUT2D eigenvalue weighted by Gasteiger charge is -2.19. The average Bonchev–Trinajstić information content (AvgIpc) is 2.93. The molecule has 1 aliphatic rings. The lowest BCUT2D eigenvalue weighted by molar-refractivity contribution is -0.384. The number of ether oxygens (including phenoxy) is 1. The van der Waals surface area contributed by atoms with Crippen LogP contribution in [0.5, 0.6) is 5.75 Å². The number of nitro groups is 1. The molecular formula is C14H18N2O5. The van der Waals surface area contributed by atoms with Gasteiger partial charge in [0.2, 0.25) is 0 Å². The molecule has 2 rings (SSSR count). The standard InChI is InChI=1S/C14H18N2O5/c1-21-11-3-4-12(13(8-11)16(19)20)15-7-6-10(9-15)2-5-14(17)18/h3-4,8,10H,2,5-7,9H2,1H3,(H,17,18). The number of carboxylic acids is 1. The number of nitro benzene ring substituents is 1. The lowest BCUT2D eigenvalue weighted by Crippen LogP contribution is -2.21. The number of carboxylic acid groups (broad SMARTS) is 1. The second-order valence-corrected chi connectivity index (χ2v) is 5.14. The highest BCUT2D eigenvalue weighted by molar-refractivity contribution is 5.67.